The number of unbranched alkanes of at least 4 members (excludes halogenated alkanes) is 1. The van der Waals surface area contributed by atoms with Gasteiger partial charge in [-0.2, -0.15) is 5.10 Å². The molecule has 0 bridgehead atoms. The van der Waals surface area contributed by atoms with Crippen molar-refractivity contribution in [2.45, 2.75) is 104 Å². The predicted molar refractivity (Wildman–Crippen MR) is 231 cm³/mol. The van der Waals surface area contributed by atoms with Gasteiger partial charge in [0.2, 0.25) is 29.5 Å². The Hall–Kier alpha value is -5.27. The van der Waals surface area contributed by atoms with Crippen molar-refractivity contribution in [3.63, 3.8) is 0 Å². The van der Waals surface area contributed by atoms with Crippen molar-refractivity contribution < 1.29 is 47.8 Å². The van der Waals surface area contributed by atoms with E-state index in [4.69, 9.17) is 10.8 Å². The van der Waals surface area contributed by atoms with Crippen molar-refractivity contribution in [1.29, 1.82) is 0 Å². The van der Waals surface area contributed by atoms with E-state index in [1.807, 2.05) is 51.1 Å². The number of nitrogens with two attached hydrogens (primary N) is 1. The fourth-order valence-electron chi connectivity index (χ4n) is 6.80. The standard InChI is InChI=1S/C43H59BrF2N8O8/c1-25(2)36(51-34(56)22-44)41(60)49-26(3)39(58)50-32(42(61)62)14-10-11-18-48-40(59)31(47)17-19-53(35(57)24-55)38(43(4,5)6)37-28(20-27-12-8-7-9-13-27)23-54(52-37)33-21-29(45)15-16-30(33)46/h7-9,12-13,15-16,21,23,25-26,31-32,36,38,55H,10-11,14,17-20,22,24,47H2,1-6H3,(H,48,59)(H,49,60)(H,50,58)(H,51,56)(H,61,62)/t26-,31-,32-,36-,38-/m0/s1. The molecule has 0 unspecified atom stereocenters. The van der Waals surface area contributed by atoms with Gasteiger partial charge in [0.1, 0.15) is 42.1 Å². The van der Waals surface area contributed by atoms with Crippen LogP contribution in [-0.4, -0.2) is 110 Å². The molecular weight excluding hydrogens is 874 g/mol. The number of benzene rings is 2. The van der Waals surface area contributed by atoms with Gasteiger partial charge in [0, 0.05) is 37.3 Å². The fraction of sp³-hybridized carbons (Fsp3) is 0.512. The Labute approximate surface area is 368 Å². The monoisotopic (exact) mass is 932 g/mol. The summed E-state index contributed by atoms with van der Waals surface area (Å²) in [5.41, 5.74) is 7.33. The van der Waals surface area contributed by atoms with Gasteiger partial charge in [-0.15, -0.1) is 0 Å². The number of rotatable bonds is 23. The largest absolute Gasteiger partial charge is 0.480 e. The van der Waals surface area contributed by atoms with Gasteiger partial charge in [0.15, 0.2) is 0 Å². The van der Waals surface area contributed by atoms with Crippen molar-refractivity contribution in [3.8, 4) is 5.69 Å². The van der Waals surface area contributed by atoms with Crippen molar-refractivity contribution >= 4 is 51.4 Å². The minimum absolute atomic E-state index is 0.0138. The van der Waals surface area contributed by atoms with Crippen LogP contribution in [0.1, 0.15) is 90.1 Å². The molecule has 0 aliphatic heterocycles. The van der Waals surface area contributed by atoms with Crippen molar-refractivity contribution in [1.82, 2.24) is 35.9 Å². The number of carboxylic acid groups (broad SMARTS) is 1. The first kappa shape index (κ1) is 51.1. The van der Waals surface area contributed by atoms with E-state index in [1.54, 1.807) is 20.0 Å². The number of alkyl halides is 1. The molecule has 0 spiro atoms. The number of amides is 5. The quantitative estimate of drug-likeness (QED) is 0.0542. The van der Waals surface area contributed by atoms with Gasteiger partial charge in [-0.25, -0.2) is 18.3 Å². The Kier molecular flexibility index (Phi) is 19.6. The third kappa shape index (κ3) is 15.0. The first-order valence-corrected chi connectivity index (χ1v) is 21.5. The van der Waals surface area contributed by atoms with Gasteiger partial charge < -0.3 is 42.1 Å². The molecule has 19 heteroatoms. The summed E-state index contributed by atoms with van der Waals surface area (Å²) in [6, 6.07) is 7.19. The highest BCUT2D eigenvalue weighted by molar-refractivity contribution is 9.09. The van der Waals surface area contributed by atoms with E-state index in [-0.39, 0.29) is 49.3 Å². The van der Waals surface area contributed by atoms with E-state index in [1.165, 1.54) is 16.5 Å². The summed E-state index contributed by atoms with van der Waals surface area (Å²) in [4.78, 5) is 77.4. The summed E-state index contributed by atoms with van der Waals surface area (Å²) < 4.78 is 30.6. The van der Waals surface area contributed by atoms with Crippen LogP contribution in [-0.2, 0) is 35.2 Å². The Balaban J connectivity index is 1.66. The maximum atomic E-state index is 15.0. The van der Waals surface area contributed by atoms with E-state index >= 15 is 4.39 Å². The average Bonchev–Trinajstić information content (AvgIpc) is 3.62. The molecule has 3 aromatic rings. The van der Waals surface area contributed by atoms with Gasteiger partial charge in [-0.3, -0.25) is 24.0 Å². The van der Waals surface area contributed by atoms with Crippen LogP contribution >= 0.6 is 15.9 Å². The zero-order chi connectivity index (χ0) is 46.3. The van der Waals surface area contributed by atoms with Crippen molar-refractivity contribution in [3.05, 3.63) is 83.2 Å². The smallest absolute Gasteiger partial charge is 0.326 e. The lowest BCUT2D eigenvalue weighted by atomic mass is 9.81. The van der Waals surface area contributed by atoms with Crippen LogP contribution in [0, 0.1) is 23.0 Å². The second-order valence-corrected chi connectivity index (χ2v) is 17.1. The van der Waals surface area contributed by atoms with E-state index in [2.05, 4.69) is 37.2 Å². The highest BCUT2D eigenvalue weighted by Crippen LogP contribution is 2.40. The lowest BCUT2D eigenvalue weighted by Gasteiger charge is -2.40. The van der Waals surface area contributed by atoms with Gasteiger partial charge in [-0.1, -0.05) is 80.9 Å². The maximum Gasteiger partial charge on any atom is 0.326 e. The topological polar surface area (TPSA) is 238 Å². The molecule has 2 aromatic carbocycles. The summed E-state index contributed by atoms with van der Waals surface area (Å²) in [5, 5.41) is 34.8. The summed E-state index contributed by atoms with van der Waals surface area (Å²) in [7, 11) is 0. The molecule has 5 amide bonds. The third-order valence-electron chi connectivity index (χ3n) is 10.1. The number of hydrogen-bond donors (Lipinski definition) is 7. The molecule has 1 aromatic heterocycles. The van der Waals surface area contributed by atoms with Crippen molar-refractivity contribution in [2.75, 3.05) is 25.0 Å². The molecule has 0 aliphatic carbocycles. The van der Waals surface area contributed by atoms with E-state index < -0.39 is 89.4 Å². The van der Waals surface area contributed by atoms with E-state index in [0.29, 0.717) is 24.1 Å². The molecule has 0 saturated carbocycles. The molecule has 62 heavy (non-hydrogen) atoms. The van der Waals surface area contributed by atoms with Gasteiger partial charge in [-0.05, 0) is 61.6 Å². The Morgan fingerprint density at radius 3 is 2.19 bits per heavy atom. The highest BCUT2D eigenvalue weighted by Gasteiger charge is 2.39. The molecule has 340 valence electrons. The van der Waals surface area contributed by atoms with Gasteiger partial charge >= 0.3 is 5.97 Å². The average molecular weight is 934 g/mol. The van der Waals surface area contributed by atoms with Crippen molar-refractivity contribution in [2.24, 2.45) is 17.1 Å². The lowest BCUT2D eigenvalue weighted by molar-refractivity contribution is -0.142. The number of aliphatic hydroxyl groups is 1. The second kappa shape index (κ2) is 23.8. The SMILES string of the molecule is CC(C)[C@H](NC(=O)CBr)C(=O)N[C@@H](C)C(=O)N[C@@H](CCCCNC(=O)[C@@H](N)CCN(C(=O)CO)[C@@H](c1nn(-c2cc(F)ccc2F)cc1Cc1ccccc1)C(C)(C)C)C(=O)O. The zero-order valence-electron chi connectivity index (χ0n) is 35.9. The van der Waals surface area contributed by atoms with Crippen LogP contribution in [0.4, 0.5) is 8.78 Å². The van der Waals surface area contributed by atoms with Gasteiger partial charge in [0.05, 0.1) is 23.1 Å². The number of halogens is 3. The third-order valence-corrected chi connectivity index (χ3v) is 10.6. The minimum Gasteiger partial charge on any atom is -0.480 e. The lowest BCUT2D eigenvalue weighted by Crippen LogP contribution is -2.56. The minimum atomic E-state index is -1.29. The first-order chi connectivity index (χ1) is 29.2. The number of carboxylic acids is 1. The molecule has 0 aliphatic rings. The number of hydrogen-bond acceptors (Lipinski definition) is 9. The molecule has 0 fully saturated rings. The zero-order valence-corrected chi connectivity index (χ0v) is 37.5. The summed E-state index contributed by atoms with van der Waals surface area (Å²) >= 11 is 3.03. The second-order valence-electron chi connectivity index (χ2n) is 16.5. The molecule has 16 nitrogen and oxygen atoms in total. The van der Waals surface area contributed by atoms with Crippen LogP contribution in [0.25, 0.3) is 5.69 Å². The number of aromatic nitrogens is 2. The Morgan fingerprint density at radius 2 is 1.60 bits per heavy atom. The van der Waals surface area contributed by atoms with Crippen LogP contribution in [0.15, 0.2) is 54.7 Å². The van der Waals surface area contributed by atoms with Gasteiger partial charge in [0.25, 0.3) is 0 Å². The van der Waals surface area contributed by atoms with E-state index in [9.17, 15) is 43.4 Å². The molecular formula is C43H59BrF2N8O8. The number of aliphatic hydroxyl groups excluding tert-OH is 1. The highest BCUT2D eigenvalue weighted by atomic mass is 79.9. The molecule has 0 radical (unpaired) electrons. The van der Waals surface area contributed by atoms with E-state index in [0.717, 1.165) is 23.8 Å². The maximum absolute atomic E-state index is 15.0. The molecule has 5 atom stereocenters. The van der Waals surface area contributed by atoms with Crippen LogP contribution in [0.3, 0.4) is 0 Å². The van der Waals surface area contributed by atoms with Crippen LogP contribution < -0.4 is 27.0 Å². The number of aliphatic carboxylic acids is 1. The fourth-order valence-corrected chi connectivity index (χ4v) is 6.96. The predicted octanol–water partition coefficient (Wildman–Crippen LogP) is 3.26. The molecule has 0 saturated heterocycles. The number of nitrogens with zero attached hydrogens (tertiary/aromatic N) is 3. The van der Waals surface area contributed by atoms with Crippen LogP contribution in [0.2, 0.25) is 0 Å². The molecule has 1 heterocycles. The number of nitrogens with one attached hydrogen (secondary N) is 4. The van der Waals surface area contributed by atoms with Crippen LogP contribution in [0.5, 0.6) is 0 Å². The first-order valence-electron chi connectivity index (χ1n) is 20.4. The molecule has 8 N–H and O–H groups in total. The molecule has 3 rings (SSSR count). The normalized spacial score (nSPS) is 13.9. The Bertz CT molecular complexity index is 2010. The summed E-state index contributed by atoms with van der Waals surface area (Å²) in [6.45, 7) is 9.63. The number of carbonyl (C=O) groups is 6. The summed E-state index contributed by atoms with van der Waals surface area (Å²) in [6.07, 6.45) is 2.52. The summed E-state index contributed by atoms with van der Waals surface area (Å²) in [5.74, 6) is -5.90. The Morgan fingerprint density at radius 1 is 0.919 bits per heavy atom. The number of carbonyl (C=O) groups excluding carboxylic acids is 5.